The van der Waals surface area contributed by atoms with Gasteiger partial charge in [0.1, 0.15) is 11.6 Å². The first-order valence-corrected chi connectivity index (χ1v) is 10.0. The lowest BCUT2D eigenvalue weighted by atomic mass is 9.90. The second-order valence-electron chi connectivity index (χ2n) is 7.01. The van der Waals surface area contributed by atoms with Crippen molar-refractivity contribution in [2.75, 3.05) is 6.16 Å². The van der Waals surface area contributed by atoms with E-state index in [0.717, 1.165) is 34.5 Å². The van der Waals surface area contributed by atoms with Gasteiger partial charge in [0.25, 0.3) is 0 Å². The van der Waals surface area contributed by atoms with E-state index >= 15 is 0 Å². The van der Waals surface area contributed by atoms with E-state index in [4.69, 9.17) is 0 Å². The molecule has 3 heteroatoms. The summed E-state index contributed by atoms with van der Waals surface area (Å²) < 4.78 is 27.4. The number of benzene rings is 2. The van der Waals surface area contributed by atoms with E-state index in [2.05, 4.69) is 0 Å². The Kier molecular flexibility index (Phi) is 4.20. The molecule has 0 spiro atoms. The van der Waals surface area contributed by atoms with Gasteiger partial charge >= 0.3 is 0 Å². The van der Waals surface area contributed by atoms with Crippen LogP contribution in [0.4, 0.5) is 8.78 Å². The molecule has 2 aliphatic rings. The quantitative estimate of drug-likeness (QED) is 0.704. The van der Waals surface area contributed by atoms with Crippen molar-refractivity contribution in [2.24, 2.45) is 17.8 Å². The van der Waals surface area contributed by atoms with Crippen LogP contribution >= 0.6 is 7.92 Å². The Hall–Kier alpha value is -1.27. The molecule has 0 aliphatic heterocycles. The van der Waals surface area contributed by atoms with Crippen molar-refractivity contribution < 1.29 is 8.78 Å². The maximum Gasteiger partial charge on any atom is 0.123 e. The Morgan fingerprint density at radius 3 is 2.00 bits per heavy atom. The van der Waals surface area contributed by atoms with E-state index in [-0.39, 0.29) is 11.6 Å². The molecule has 3 atom stereocenters. The molecule has 0 heterocycles. The summed E-state index contributed by atoms with van der Waals surface area (Å²) in [5, 5.41) is 2.07. The number of rotatable bonds is 4. The SMILES string of the molecule is Fc1cccc(P(CC2CC3CCC2C3)c2cccc(F)c2)c1. The minimum atomic E-state index is -0.686. The molecule has 0 amide bonds. The lowest BCUT2D eigenvalue weighted by Crippen LogP contribution is -2.22. The van der Waals surface area contributed by atoms with Gasteiger partial charge in [0.15, 0.2) is 0 Å². The van der Waals surface area contributed by atoms with E-state index in [0.29, 0.717) is 0 Å². The molecule has 2 fully saturated rings. The molecule has 0 nitrogen and oxygen atoms in total. The van der Waals surface area contributed by atoms with Crippen molar-refractivity contribution in [1.82, 2.24) is 0 Å². The van der Waals surface area contributed by atoms with Gasteiger partial charge < -0.3 is 0 Å². The molecule has 0 aromatic heterocycles. The third-order valence-corrected chi connectivity index (χ3v) is 8.18. The summed E-state index contributed by atoms with van der Waals surface area (Å²) in [5.74, 6) is 2.08. The van der Waals surface area contributed by atoms with Gasteiger partial charge in [-0.25, -0.2) is 8.78 Å². The van der Waals surface area contributed by atoms with Gasteiger partial charge in [-0.3, -0.25) is 0 Å². The summed E-state index contributed by atoms with van der Waals surface area (Å²) in [4.78, 5) is 0. The number of fused-ring (bicyclic) bond motifs is 2. The highest BCUT2D eigenvalue weighted by molar-refractivity contribution is 7.73. The minimum absolute atomic E-state index is 0.195. The zero-order valence-electron chi connectivity index (χ0n) is 13.1. The fourth-order valence-electron chi connectivity index (χ4n) is 4.48. The molecule has 2 bridgehead atoms. The molecule has 120 valence electrons. The molecule has 3 unspecified atom stereocenters. The second-order valence-corrected chi connectivity index (χ2v) is 9.26. The van der Waals surface area contributed by atoms with Gasteiger partial charge in [-0.05, 0) is 86.0 Å². The predicted molar refractivity (Wildman–Crippen MR) is 92.8 cm³/mol. The van der Waals surface area contributed by atoms with Crippen molar-refractivity contribution in [3.8, 4) is 0 Å². The molecule has 4 rings (SSSR count). The number of hydrogen-bond acceptors (Lipinski definition) is 0. The van der Waals surface area contributed by atoms with Gasteiger partial charge in [-0.1, -0.05) is 30.7 Å². The monoisotopic (exact) mass is 330 g/mol. The molecular weight excluding hydrogens is 309 g/mol. The van der Waals surface area contributed by atoms with Crippen LogP contribution in [0.25, 0.3) is 0 Å². The van der Waals surface area contributed by atoms with Crippen molar-refractivity contribution >= 4 is 18.5 Å². The van der Waals surface area contributed by atoms with Crippen LogP contribution < -0.4 is 10.6 Å². The van der Waals surface area contributed by atoms with Crippen molar-refractivity contribution in [3.63, 3.8) is 0 Å². The normalized spacial score (nSPS) is 26.1. The van der Waals surface area contributed by atoms with Crippen LogP contribution in [0.2, 0.25) is 0 Å². The standard InChI is InChI=1S/C20H21F2P/c21-17-3-1-5-19(11-17)23(20-6-2-4-18(22)12-20)13-16-10-14-7-8-15(16)9-14/h1-6,11-12,14-16H,7-10,13H2. The van der Waals surface area contributed by atoms with E-state index < -0.39 is 7.92 Å². The van der Waals surface area contributed by atoms with Crippen LogP contribution in [0.15, 0.2) is 48.5 Å². The Morgan fingerprint density at radius 1 is 0.870 bits per heavy atom. The zero-order chi connectivity index (χ0) is 15.8. The average molecular weight is 330 g/mol. The molecule has 0 saturated heterocycles. The van der Waals surface area contributed by atoms with Crippen LogP contribution in [-0.2, 0) is 0 Å². The van der Waals surface area contributed by atoms with Crippen LogP contribution in [0, 0.1) is 29.4 Å². The maximum absolute atomic E-state index is 13.7. The molecular formula is C20H21F2P. The summed E-state index contributed by atoms with van der Waals surface area (Å²) >= 11 is 0. The molecule has 0 radical (unpaired) electrons. The zero-order valence-corrected chi connectivity index (χ0v) is 14.0. The van der Waals surface area contributed by atoms with Gasteiger partial charge in [0.2, 0.25) is 0 Å². The maximum atomic E-state index is 13.7. The topological polar surface area (TPSA) is 0 Å². The molecule has 23 heavy (non-hydrogen) atoms. The first-order valence-electron chi connectivity index (χ1n) is 8.48. The van der Waals surface area contributed by atoms with Crippen LogP contribution in [0.1, 0.15) is 25.7 Å². The second kappa shape index (κ2) is 6.32. The lowest BCUT2D eigenvalue weighted by Gasteiger charge is -2.27. The Morgan fingerprint density at radius 2 is 1.52 bits per heavy atom. The largest absolute Gasteiger partial charge is 0.207 e. The highest BCUT2D eigenvalue weighted by atomic mass is 31.1. The van der Waals surface area contributed by atoms with Gasteiger partial charge in [-0.2, -0.15) is 0 Å². The fourth-order valence-corrected chi connectivity index (χ4v) is 7.21. The van der Waals surface area contributed by atoms with Gasteiger partial charge in [0, 0.05) is 0 Å². The predicted octanol–water partition coefficient (Wildman–Crippen LogP) is 4.83. The minimum Gasteiger partial charge on any atom is -0.207 e. The molecule has 0 N–H and O–H groups in total. The Bertz CT molecular complexity index is 654. The smallest absolute Gasteiger partial charge is 0.123 e. The van der Waals surface area contributed by atoms with E-state index in [9.17, 15) is 8.78 Å². The van der Waals surface area contributed by atoms with Crippen LogP contribution in [0.5, 0.6) is 0 Å². The Balaban J connectivity index is 1.66. The van der Waals surface area contributed by atoms with E-state index in [1.165, 1.54) is 37.8 Å². The van der Waals surface area contributed by atoms with Gasteiger partial charge in [-0.15, -0.1) is 0 Å². The number of halogens is 2. The van der Waals surface area contributed by atoms with Crippen LogP contribution in [-0.4, -0.2) is 6.16 Å². The van der Waals surface area contributed by atoms with Crippen molar-refractivity contribution in [2.45, 2.75) is 25.7 Å². The highest BCUT2D eigenvalue weighted by Gasteiger charge is 2.40. The Labute approximate surface area is 137 Å². The summed E-state index contributed by atoms with van der Waals surface area (Å²) in [5.41, 5.74) is 0. The van der Waals surface area contributed by atoms with Crippen molar-refractivity contribution in [3.05, 3.63) is 60.2 Å². The molecule has 2 aromatic carbocycles. The lowest BCUT2D eigenvalue weighted by molar-refractivity contribution is 0.364. The summed E-state index contributed by atoms with van der Waals surface area (Å²) in [6.45, 7) is 0. The van der Waals surface area contributed by atoms with Crippen molar-refractivity contribution in [1.29, 1.82) is 0 Å². The van der Waals surface area contributed by atoms with E-state index in [1.54, 1.807) is 24.3 Å². The molecule has 2 saturated carbocycles. The first-order chi connectivity index (χ1) is 11.2. The van der Waals surface area contributed by atoms with Crippen LogP contribution in [0.3, 0.4) is 0 Å². The summed E-state index contributed by atoms with van der Waals surface area (Å²) in [6, 6.07) is 13.8. The van der Waals surface area contributed by atoms with Gasteiger partial charge in [0.05, 0.1) is 0 Å². The summed E-state index contributed by atoms with van der Waals surface area (Å²) in [6.07, 6.45) is 6.50. The summed E-state index contributed by atoms with van der Waals surface area (Å²) in [7, 11) is -0.686. The molecule has 2 aliphatic carbocycles. The first kappa shape index (κ1) is 15.3. The highest BCUT2D eigenvalue weighted by Crippen LogP contribution is 2.52. The fraction of sp³-hybridized carbons (Fsp3) is 0.400. The van der Waals surface area contributed by atoms with E-state index in [1.807, 2.05) is 12.1 Å². The number of hydrogen-bond donors (Lipinski definition) is 0. The third-order valence-electron chi connectivity index (χ3n) is 5.54. The molecule has 2 aromatic rings. The third kappa shape index (κ3) is 3.19. The average Bonchev–Trinajstić information content (AvgIpc) is 3.15.